The summed E-state index contributed by atoms with van der Waals surface area (Å²) in [6.45, 7) is 9.15. The number of hydrogen-bond donors (Lipinski definition) is 2. The van der Waals surface area contributed by atoms with Crippen molar-refractivity contribution in [2.45, 2.75) is 13.8 Å². The predicted octanol–water partition coefficient (Wildman–Crippen LogP) is 5.73. The number of aromatic nitrogens is 2. The fourth-order valence-corrected chi connectivity index (χ4v) is 5.07. The summed E-state index contributed by atoms with van der Waals surface area (Å²) in [4.78, 5) is 25.1. The summed E-state index contributed by atoms with van der Waals surface area (Å²) in [5, 5.41) is 6.83. The summed E-state index contributed by atoms with van der Waals surface area (Å²) >= 11 is 12.9. The first kappa shape index (κ1) is 28.5. The van der Waals surface area contributed by atoms with Crippen LogP contribution in [0.25, 0.3) is 12.2 Å². The van der Waals surface area contributed by atoms with Gasteiger partial charge in [-0.25, -0.2) is 9.97 Å². The Morgan fingerprint density at radius 2 is 1.62 bits per heavy atom. The van der Waals surface area contributed by atoms with E-state index in [2.05, 4.69) is 43.4 Å². The number of rotatable bonds is 10. The maximum Gasteiger partial charge on any atom is 0.227 e. The van der Waals surface area contributed by atoms with Crippen molar-refractivity contribution in [3.05, 3.63) is 57.3 Å². The summed E-state index contributed by atoms with van der Waals surface area (Å²) in [6.07, 6.45) is 7.59. The highest BCUT2D eigenvalue weighted by atomic mass is 35.5. The SMILES string of the molecule is CCN1CCN(c2cc(C)c(Nc3ncc(/C=C/c4c(Cl)c(OC)cc(OC)c4Cl)cn3)c(NC=O)c2)CC1. The molecule has 0 aliphatic carbocycles. The Labute approximate surface area is 238 Å². The van der Waals surface area contributed by atoms with E-state index in [-0.39, 0.29) is 0 Å². The summed E-state index contributed by atoms with van der Waals surface area (Å²) < 4.78 is 10.7. The van der Waals surface area contributed by atoms with Gasteiger partial charge in [-0.1, -0.05) is 42.3 Å². The fraction of sp³-hybridized carbons (Fsp3) is 0.321. The summed E-state index contributed by atoms with van der Waals surface area (Å²) in [5.41, 5.74) is 4.75. The van der Waals surface area contributed by atoms with Crippen LogP contribution in [0.15, 0.2) is 30.6 Å². The van der Waals surface area contributed by atoms with Crippen molar-refractivity contribution in [1.82, 2.24) is 14.9 Å². The molecule has 2 aromatic carbocycles. The Morgan fingerprint density at radius 1 is 0.974 bits per heavy atom. The van der Waals surface area contributed by atoms with Gasteiger partial charge in [0, 0.05) is 61.5 Å². The third kappa shape index (κ3) is 6.55. The Bertz CT molecular complexity index is 1310. The van der Waals surface area contributed by atoms with Crippen LogP contribution in [0.5, 0.6) is 11.5 Å². The predicted molar refractivity (Wildman–Crippen MR) is 159 cm³/mol. The number of amides is 1. The molecule has 0 spiro atoms. The lowest BCUT2D eigenvalue weighted by atomic mass is 10.1. The summed E-state index contributed by atoms with van der Waals surface area (Å²) in [7, 11) is 3.06. The molecule has 1 saturated heterocycles. The molecule has 1 aliphatic heterocycles. The first-order chi connectivity index (χ1) is 18.9. The van der Waals surface area contributed by atoms with E-state index in [1.807, 2.05) is 13.0 Å². The quantitative estimate of drug-likeness (QED) is 0.298. The number of methoxy groups -OCH3 is 2. The van der Waals surface area contributed by atoms with Crippen LogP contribution in [0.3, 0.4) is 0 Å². The van der Waals surface area contributed by atoms with Crippen LogP contribution in [0.4, 0.5) is 23.0 Å². The number of halogens is 2. The molecule has 0 unspecified atom stereocenters. The molecule has 11 heteroatoms. The lowest BCUT2D eigenvalue weighted by Crippen LogP contribution is -2.46. The first-order valence-corrected chi connectivity index (χ1v) is 13.3. The Hall–Kier alpha value is -3.53. The minimum atomic E-state index is 0.375. The molecule has 4 rings (SSSR count). The van der Waals surface area contributed by atoms with Gasteiger partial charge < -0.3 is 29.9 Å². The van der Waals surface area contributed by atoms with Crippen molar-refractivity contribution < 1.29 is 14.3 Å². The molecule has 1 fully saturated rings. The highest BCUT2D eigenvalue weighted by molar-refractivity contribution is 6.39. The fourth-order valence-electron chi connectivity index (χ4n) is 4.45. The molecule has 3 aromatic rings. The van der Waals surface area contributed by atoms with Crippen molar-refractivity contribution in [2.75, 3.05) is 62.5 Å². The zero-order valence-corrected chi connectivity index (χ0v) is 23.9. The zero-order valence-electron chi connectivity index (χ0n) is 22.4. The van der Waals surface area contributed by atoms with Crippen molar-refractivity contribution in [1.29, 1.82) is 0 Å². The molecule has 2 N–H and O–H groups in total. The van der Waals surface area contributed by atoms with E-state index >= 15 is 0 Å². The number of nitrogens with one attached hydrogen (secondary N) is 2. The van der Waals surface area contributed by atoms with Gasteiger partial charge in [-0.3, -0.25) is 4.79 Å². The molecule has 0 atom stereocenters. The molecule has 39 heavy (non-hydrogen) atoms. The number of piperazine rings is 1. The molecular weight excluding hydrogens is 539 g/mol. The van der Waals surface area contributed by atoms with Crippen LogP contribution >= 0.6 is 23.2 Å². The first-order valence-electron chi connectivity index (χ1n) is 12.6. The van der Waals surface area contributed by atoms with Crippen LogP contribution in [-0.2, 0) is 4.79 Å². The number of hydrogen-bond acceptors (Lipinski definition) is 8. The highest BCUT2D eigenvalue weighted by Gasteiger charge is 2.19. The van der Waals surface area contributed by atoms with Crippen LogP contribution in [0.1, 0.15) is 23.6 Å². The van der Waals surface area contributed by atoms with E-state index in [0.29, 0.717) is 45.2 Å². The number of carbonyl (C=O) groups is 1. The van der Waals surface area contributed by atoms with Gasteiger partial charge in [0.25, 0.3) is 0 Å². The van der Waals surface area contributed by atoms with E-state index in [1.54, 1.807) is 30.6 Å². The van der Waals surface area contributed by atoms with Gasteiger partial charge in [-0.05, 0) is 31.2 Å². The number of aryl methyl sites for hydroxylation is 1. The second-order valence-corrected chi connectivity index (χ2v) is 9.75. The van der Waals surface area contributed by atoms with E-state index < -0.39 is 0 Å². The van der Waals surface area contributed by atoms with E-state index in [4.69, 9.17) is 32.7 Å². The Balaban J connectivity index is 1.53. The standard InChI is InChI=1S/C28H32Cl2N6O3/c1-5-35-8-10-36(11-9-35)20-12-18(2)27(22(13-20)33-17-37)34-28-31-15-19(16-32-28)6-7-21-25(29)23(38-3)14-24(39-4)26(21)30/h6-7,12-17H,5,8-11H2,1-4H3,(H,33,37)(H,31,32,34)/b7-6+. The smallest absolute Gasteiger partial charge is 0.227 e. The summed E-state index contributed by atoms with van der Waals surface area (Å²) in [5.74, 6) is 1.31. The molecule has 1 aromatic heterocycles. The molecule has 1 amide bonds. The zero-order chi connectivity index (χ0) is 27.9. The maximum absolute atomic E-state index is 11.4. The van der Waals surface area contributed by atoms with E-state index in [0.717, 1.165) is 55.2 Å². The van der Waals surface area contributed by atoms with E-state index in [1.165, 1.54) is 14.2 Å². The number of nitrogens with zero attached hydrogens (tertiary/aromatic N) is 4. The normalized spacial score (nSPS) is 13.9. The summed E-state index contributed by atoms with van der Waals surface area (Å²) in [6, 6.07) is 5.74. The molecule has 9 nitrogen and oxygen atoms in total. The van der Waals surface area contributed by atoms with Gasteiger partial charge in [0.15, 0.2) is 0 Å². The third-order valence-electron chi connectivity index (χ3n) is 6.68. The van der Waals surface area contributed by atoms with E-state index in [9.17, 15) is 4.79 Å². The average Bonchev–Trinajstić information content (AvgIpc) is 2.95. The number of likely N-dealkylation sites (N-methyl/N-ethyl adjacent to an activating group) is 1. The largest absolute Gasteiger partial charge is 0.495 e. The Kier molecular flexibility index (Phi) is 9.50. The van der Waals surface area contributed by atoms with Crippen molar-refractivity contribution in [2.24, 2.45) is 0 Å². The molecule has 206 valence electrons. The monoisotopic (exact) mass is 570 g/mol. The Morgan fingerprint density at radius 3 is 2.18 bits per heavy atom. The highest BCUT2D eigenvalue weighted by Crippen LogP contribution is 2.41. The molecule has 1 aliphatic rings. The lowest BCUT2D eigenvalue weighted by Gasteiger charge is -2.36. The van der Waals surface area contributed by atoms with Crippen LogP contribution in [0.2, 0.25) is 10.0 Å². The second-order valence-electron chi connectivity index (χ2n) is 8.99. The van der Waals surface area contributed by atoms with Gasteiger partial charge in [-0.15, -0.1) is 0 Å². The van der Waals surface area contributed by atoms with Gasteiger partial charge in [0.1, 0.15) is 11.5 Å². The minimum Gasteiger partial charge on any atom is -0.495 e. The molecule has 0 saturated carbocycles. The van der Waals surface area contributed by atoms with Gasteiger partial charge in [0.05, 0.1) is 35.6 Å². The average molecular weight is 572 g/mol. The second kappa shape index (κ2) is 13.0. The van der Waals surface area contributed by atoms with Gasteiger partial charge in [-0.2, -0.15) is 0 Å². The lowest BCUT2D eigenvalue weighted by molar-refractivity contribution is -0.105. The van der Waals surface area contributed by atoms with Crippen molar-refractivity contribution in [3.63, 3.8) is 0 Å². The van der Waals surface area contributed by atoms with Crippen molar-refractivity contribution in [3.8, 4) is 11.5 Å². The van der Waals surface area contributed by atoms with Crippen LogP contribution in [0, 0.1) is 6.92 Å². The minimum absolute atomic E-state index is 0.375. The number of ether oxygens (including phenoxy) is 2. The van der Waals surface area contributed by atoms with Crippen LogP contribution < -0.4 is 25.0 Å². The van der Waals surface area contributed by atoms with Crippen molar-refractivity contribution >= 4 is 64.8 Å². The third-order valence-corrected chi connectivity index (χ3v) is 7.46. The number of benzene rings is 2. The molecule has 0 radical (unpaired) electrons. The van der Waals surface area contributed by atoms with Gasteiger partial charge >= 0.3 is 0 Å². The molecular formula is C28H32Cl2N6O3. The molecule has 0 bridgehead atoms. The number of carbonyl (C=O) groups excluding carboxylic acids is 1. The molecule has 2 heterocycles. The van der Waals surface area contributed by atoms with Gasteiger partial charge in [0.2, 0.25) is 12.4 Å². The topological polar surface area (TPSA) is 91.8 Å². The maximum atomic E-state index is 11.4. The van der Waals surface area contributed by atoms with Crippen LogP contribution in [-0.4, -0.2) is 68.2 Å². The number of anilines is 4.